The average molecular weight is 851 g/mol. The van der Waals surface area contributed by atoms with E-state index in [2.05, 4.69) is 232 Å². The number of aryl methyl sites for hydroxylation is 1. The number of anilines is 5. The van der Waals surface area contributed by atoms with Crippen molar-refractivity contribution in [3.8, 4) is 28.0 Å². The van der Waals surface area contributed by atoms with E-state index in [0.29, 0.717) is 0 Å². The Morgan fingerprint density at radius 2 is 1.18 bits per heavy atom. The van der Waals surface area contributed by atoms with E-state index in [-0.39, 0.29) is 40.4 Å². The highest BCUT2D eigenvalue weighted by atomic mass is 16.5. The largest absolute Gasteiger partial charge is 0.495 e. The number of ether oxygens (including phenoxy) is 1. The first-order valence-corrected chi connectivity index (χ1v) is 24.0. The standard InChI is InChI=1S/C61H63BN2O/c1-38-32-52-55-53(33-38)64(50-28-24-42(58(2,3)4)35-45(50)40-20-16-13-17-21-40)51-36-43(59(5,6)7)23-27-49(51)62(55)57-56(46-34-41(22-29-54(46)65-57)39-18-14-12-15-19-39)63(52)44-25-26-47-48(37-44)61(10,11)31-30-60(47,8)9/h12-29,32-37,56-57H,30-31H2,1-11H3. The molecule has 7 aromatic rings. The Balaban J connectivity index is 1.22. The summed E-state index contributed by atoms with van der Waals surface area (Å²) >= 11 is 0. The summed E-state index contributed by atoms with van der Waals surface area (Å²) in [4.78, 5) is 5.31. The number of fused-ring (bicyclic) bond motifs is 7. The fraction of sp³-hybridized carbons (Fsp3) is 0.311. The third-order valence-electron chi connectivity index (χ3n) is 15.5. The van der Waals surface area contributed by atoms with E-state index in [1.807, 2.05) is 0 Å². The van der Waals surface area contributed by atoms with Gasteiger partial charge in [0, 0.05) is 33.9 Å². The van der Waals surface area contributed by atoms with Gasteiger partial charge in [-0.1, -0.05) is 160 Å². The van der Waals surface area contributed by atoms with E-state index in [1.54, 1.807) is 0 Å². The summed E-state index contributed by atoms with van der Waals surface area (Å²) in [5.74, 6) is 0.981. The Labute approximate surface area is 388 Å². The topological polar surface area (TPSA) is 15.7 Å². The number of rotatable bonds is 4. The fourth-order valence-corrected chi connectivity index (χ4v) is 11.7. The van der Waals surface area contributed by atoms with E-state index < -0.39 is 0 Å². The van der Waals surface area contributed by atoms with Crippen LogP contribution in [-0.4, -0.2) is 12.7 Å². The summed E-state index contributed by atoms with van der Waals surface area (Å²) in [7, 11) is 0. The first-order chi connectivity index (χ1) is 30.9. The summed E-state index contributed by atoms with van der Waals surface area (Å²) in [6.45, 7) is 26.0. The van der Waals surface area contributed by atoms with Crippen LogP contribution in [0.3, 0.4) is 0 Å². The van der Waals surface area contributed by atoms with Crippen molar-refractivity contribution in [1.82, 2.24) is 0 Å². The Morgan fingerprint density at radius 3 is 1.88 bits per heavy atom. The van der Waals surface area contributed by atoms with Crippen molar-refractivity contribution in [2.45, 2.75) is 123 Å². The molecule has 0 amide bonds. The normalized spacial score (nSPS) is 18.8. The highest BCUT2D eigenvalue weighted by molar-refractivity contribution is 6.91. The Bertz CT molecular complexity index is 3020. The zero-order valence-corrected chi connectivity index (χ0v) is 40.3. The quantitative estimate of drug-likeness (QED) is 0.164. The van der Waals surface area contributed by atoms with Gasteiger partial charge in [0.25, 0.3) is 6.71 Å². The molecule has 4 aliphatic rings. The van der Waals surface area contributed by atoms with Crippen molar-refractivity contribution in [1.29, 1.82) is 0 Å². The molecule has 0 saturated heterocycles. The highest BCUT2D eigenvalue weighted by Gasteiger charge is 2.55. The van der Waals surface area contributed by atoms with Crippen molar-refractivity contribution in [3.05, 3.63) is 179 Å². The van der Waals surface area contributed by atoms with Crippen molar-refractivity contribution in [2.75, 3.05) is 9.80 Å². The number of nitrogens with zero attached hydrogens (tertiary/aromatic N) is 2. The van der Waals surface area contributed by atoms with E-state index in [1.165, 1.54) is 101 Å². The molecule has 2 unspecified atom stereocenters. The van der Waals surface area contributed by atoms with Crippen molar-refractivity contribution < 1.29 is 4.74 Å². The Morgan fingerprint density at radius 1 is 0.554 bits per heavy atom. The predicted octanol–water partition coefficient (Wildman–Crippen LogP) is 14.9. The molecular formula is C61H63BN2O. The maximum Gasteiger partial charge on any atom is 0.267 e. The lowest BCUT2D eigenvalue weighted by atomic mass is 9.32. The maximum absolute atomic E-state index is 7.50. The van der Waals surface area contributed by atoms with Gasteiger partial charge < -0.3 is 14.5 Å². The molecule has 0 saturated carbocycles. The summed E-state index contributed by atoms with van der Waals surface area (Å²) in [6, 6.07) is 55.5. The second kappa shape index (κ2) is 14.5. The van der Waals surface area contributed by atoms with Crippen LogP contribution in [0.5, 0.6) is 5.75 Å². The Kier molecular flexibility index (Phi) is 9.30. The monoisotopic (exact) mass is 851 g/mol. The molecule has 0 spiro atoms. The predicted molar refractivity (Wildman–Crippen MR) is 277 cm³/mol. The molecule has 11 rings (SSSR count). The minimum absolute atomic E-state index is 0.0156. The Hall–Kier alpha value is -6.00. The lowest BCUT2D eigenvalue weighted by Crippen LogP contribution is -2.65. The molecule has 7 aromatic carbocycles. The number of benzene rings is 7. The molecule has 3 aliphatic heterocycles. The van der Waals surface area contributed by atoms with Gasteiger partial charge in [-0.25, -0.2) is 0 Å². The number of hydrogen-bond acceptors (Lipinski definition) is 3. The molecule has 0 bridgehead atoms. The van der Waals surface area contributed by atoms with Gasteiger partial charge in [0.05, 0.1) is 11.7 Å². The van der Waals surface area contributed by atoms with Crippen molar-refractivity contribution >= 4 is 46.1 Å². The van der Waals surface area contributed by atoms with Crippen LogP contribution in [0.15, 0.2) is 146 Å². The van der Waals surface area contributed by atoms with Gasteiger partial charge in [0.1, 0.15) is 11.8 Å². The van der Waals surface area contributed by atoms with Gasteiger partial charge in [-0.05, 0) is 151 Å². The van der Waals surface area contributed by atoms with Crippen molar-refractivity contribution in [2.24, 2.45) is 0 Å². The number of hydrogen-bond donors (Lipinski definition) is 0. The van der Waals surface area contributed by atoms with Gasteiger partial charge in [0.2, 0.25) is 0 Å². The van der Waals surface area contributed by atoms with E-state index in [4.69, 9.17) is 4.74 Å². The molecule has 1 aliphatic carbocycles. The zero-order valence-electron chi connectivity index (χ0n) is 40.3. The molecule has 0 N–H and O–H groups in total. The van der Waals surface area contributed by atoms with Gasteiger partial charge in [-0.2, -0.15) is 0 Å². The average Bonchev–Trinajstić information content (AvgIpc) is 3.66. The van der Waals surface area contributed by atoms with Crippen LogP contribution < -0.4 is 25.5 Å². The van der Waals surface area contributed by atoms with Crippen molar-refractivity contribution in [3.63, 3.8) is 0 Å². The first-order valence-electron chi connectivity index (χ1n) is 24.0. The van der Waals surface area contributed by atoms with Gasteiger partial charge in [-0.3, -0.25) is 0 Å². The minimum atomic E-state index is -0.177. The lowest BCUT2D eigenvalue weighted by Gasteiger charge is -2.49. The molecular weight excluding hydrogens is 787 g/mol. The molecule has 326 valence electrons. The van der Waals surface area contributed by atoms with Crippen LogP contribution in [0.25, 0.3) is 22.3 Å². The fourth-order valence-electron chi connectivity index (χ4n) is 11.7. The first kappa shape index (κ1) is 41.7. The van der Waals surface area contributed by atoms with Crippen LogP contribution in [0.4, 0.5) is 28.4 Å². The lowest BCUT2D eigenvalue weighted by molar-refractivity contribution is 0.282. The molecule has 0 radical (unpaired) electrons. The molecule has 4 heteroatoms. The van der Waals surface area contributed by atoms with Gasteiger partial charge in [0.15, 0.2) is 0 Å². The molecule has 0 fully saturated rings. The molecule has 3 nitrogen and oxygen atoms in total. The molecule has 2 atom stereocenters. The van der Waals surface area contributed by atoms with Crippen LogP contribution in [0.1, 0.15) is 122 Å². The third kappa shape index (κ3) is 6.68. The van der Waals surface area contributed by atoms with Gasteiger partial charge in [-0.15, -0.1) is 0 Å². The van der Waals surface area contributed by atoms with Crippen LogP contribution in [-0.2, 0) is 21.7 Å². The SMILES string of the molecule is Cc1cc2c3c(c1)N(c1ccc4c(c1)C(C)(C)CCC4(C)C)C1c4cc(-c5ccccc5)ccc4OC1B3c1ccc(C(C)(C)C)cc1N2c1ccc(C(C)(C)C)cc1-c1ccccc1. The van der Waals surface area contributed by atoms with Crippen LogP contribution in [0, 0.1) is 6.92 Å². The van der Waals surface area contributed by atoms with Gasteiger partial charge >= 0.3 is 0 Å². The third-order valence-corrected chi connectivity index (χ3v) is 15.5. The zero-order chi connectivity index (χ0) is 45.4. The molecule has 3 heterocycles. The smallest absolute Gasteiger partial charge is 0.267 e. The molecule has 0 aromatic heterocycles. The second-order valence-electron chi connectivity index (χ2n) is 22.9. The highest BCUT2D eigenvalue weighted by Crippen LogP contribution is 2.55. The van der Waals surface area contributed by atoms with E-state index in [9.17, 15) is 0 Å². The molecule has 65 heavy (non-hydrogen) atoms. The summed E-state index contributed by atoms with van der Waals surface area (Å²) in [6.07, 6.45) is 2.35. The van der Waals surface area contributed by atoms with Crippen LogP contribution in [0.2, 0.25) is 0 Å². The maximum atomic E-state index is 7.50. The van der Waals surface area contributed by atoms with Crippen LogP contribution >= 0.6 is 0 Å². The summed E-state index contributed by atoms with van der Waals surface area (Å²) < 4.78 is 7.50. The van der Waals surface area contributed by atoms with E-state index in [0.717, 1.165) is 12.2 Å². The van der Waals surface area contributed by atoms with E-state index >= 15 is 0 Å². The minimum Gasteiger partial charge on any atom is -0.495 e. The second-order valence-corrected chi connectivity index (χ2v) is 22.9. The summed E-state index contributed by atoms with van der Waals surface area (Å²) in [5, 5.41) is 0. The summed E-state index contributed by atoms with van der Waals surface area (Å²) in [5.41, 5.74) is 21.9.